The molecular weight excluding hydrogens is 319 g/mol. The lowest BCUT2D eigenvalue weighted by atomic mass is 9.74. The summed E-state index contributed by atoms with van der Waals surface area (Å²) in [6, 6.07) is 6.26. The number of carbonyl (C=O) groups is 1. The molecule has 2 unspecified atom stereocenters. The fourth-order valence-electron chi connectivity index (χ4n) is 2.99. The minimum absolute atomic E-state index is 0. The fraction of sp³-hybridized carbons (Fsp3) is 0.588. The largest absolute Gasteiger partial charge is 0.489 e. The number of nitrogens with zero attached hydrogens (tertiary/aromatic N) is 1. The summed E-state index contributed by atoms with van der Waals surface area (Å²) in [5.74, 6) is -0.260. The van der Waals surface area contributed by atoms with Crippen molar-refractivity contribution in [3.63, 3.8) is 0 Å². The summed E-state index contributed by atoms with van der Waals surface area (Å²) >= 11 is 0. The smallest absolute Gasteiger partial charge is 0.227 e. The lowest BCUT2D eigenvalue weighted by molar-refractivity contribution is -0.137. The van der Waals surface area contributed by atoms with Gasteiger partial charge in [0.25, 0.3) is 0 Å². The summed E-state index contributed by atoms with van der Waals surface area (Å²) in [5, 5.41) is 0. The Morgan fingerprint density at radius 2 is 2.13 bits per heavy atom. The minimum atomic E-state index is -0.435. The molecule has 1 aromatic rings. The number of carbonyl (C=O) groups excluding carboxylic acids is 1. The van der Waals surface area contributed by atoms with Gasteiger partial charge in [-0.05, 0) is 31.9 Å². The first kappa shape index (κ1) is 19.7. The van der Waals surface area contributed by atoms with Crippen LogP contribution in [0.2, 0.25) is 0 Å². The van der Waals surface area contributed by atoms with Crippen LogP contribution in [0.15, 0.2) is 24.3 Å². The molecule has 1 aromatic carbocycles. The molecule has 23 heavy (non-hydrogen) atoms. The summed E-state index contributed by atoms with van der Waals surface area (Å²) in [6.07, 6.45) is 3.84. The van der Waals surface area contributed by atoms with E-state index in [0.29, 0.717) is 6.54 Å². The van der Waals surface area contributed by atoms with E-state index in [9.17, 15) is 9.18 Å². The van der Waals surface area contributed by atoms with Crippen LogP contribution in [0.1, 0.15) is 32.6 Å². The molecule has 1 saturated carbocycles. The van der Waals surface area contributed by atoms with Gasteiger partial charge in [-0.2, -0.15) is 0 Å². The van der Waals surface area contributed by atoms with Crippen molar-refractivity contribution < 1.29 is 13.9 Å². The summed E-state index contributed by atoms with van der Waals surface area (Å²) in [4.78, 5) is 14.2. The molecule has 0 saturated heterocycles. The Balaban J connectivity index is 0.00000264. The molecule has 0 bridgehead atoms. The molecule has 6 heteroatoms. The quantitative estimate of drug-likeness (QED) is 0.893. The van der Waals surface area contributed by atoms with Crippen molar-refractivity contribution in [3.8, 4) is 5.75 Å². The van der Waals surface area contributed by atoms with Crippen molar-refractivity contribution in [2.75, 3.05) is 20.2 Å². The molecule has 130 valence electrons. The molecule has 1 aliphatic carbocycles. The topological polar surface area (TPSA) is 55.6 Å². The number of likely N-dealkylation sites (N-methyl/N-ethyl adjacent to an activating group) is 1. The summed E-state index contributed by atoms with van der Waals surface area (Å²) in [5.41, 5.74) is 5.84. The highest BCUT2D eigenvalue weighted by Gasteiger charge is 2.38. The number of hydrogen-bond acceptors (Lipinski definition) is 3. The molecule has 2 atom stereocenters. The highest BCUT2D eigenvalue weighted by Crippen LogP contribution is 2.32. The van der Waals surface area contributed by atoms with Crippen molar-refractivity contribution in [2.45, 2.75) is 38.1 Å². The van der Waals surface area contributed by atoms with Gasteiger partial charge in [-0.3, -0.25) is 4.79 Å². The number of ether oxygens (including phenoxy) is 1. The Kier molecular flexibility index (Phi) is 7.29. The lowest BCUT2D eigenvalue weighted by Crippen LogP contribution is -2.53. The Morgan fingerprint density at radius 1 is 1.43 bits per heavy atom. The van der Waals surface area contributed by atoms with Crippen molar-refractivity contribution in [3.05, 3.63) is 30.1 Å². The number of para-hydroxylation sites is 1. The van der Waals surface area contributed by atoms with Gasteiger partial charge in [-0.15, -0.1) is 12.4 Å². The van der Waals surface area contributed by atoms with Crippen LogP contribution < -0.4 is 10.5 Å². The SMILES string of the molecule is CN(CCOc1ccccc1F)C(=O)C1CCCCC1(C)N.Cl. The van der Waals surface area contributed by atoms with Gasteiger partial charge in [-0.1, -0.05) is 25.0 Å². The zero-order chi connectivity index (χ0) is 16.2. The Hall–Kier alpha value is -1.33. The van der Waals surface area contributed by atoms with Crippen LogP contribution in [0.5, 0.6) is 5.75 Å². The molecule has 0 aliphatic heterocycles. The molecule has 0 radical (unpaired) electrons. The number of amides is 1. The van der Waals surface area contributed by atoms with E-state index in [1.807, 2.05) is 6.92 Å². The second kappa shape index (κ2) is 8.50. The first-order valence-corrected chi connectivity index (χ1v) is 7.83. The molecule has 1 amide bonds. The molecule has 4 nitrogen and oxygen atoms in total. The molecule has 2 rings (SSSR count). The predicted molar refractivity (Wildman–Crippen MR) is 91.3 cm³/mol. The Bertz CT molecular complexity index is 525. The number of hydrogen-bond donors (Lipinski definition) is 1. The van der Waals surface area contributed by atoms with E-state index in [4.69, 9.17) is 10.5 Å². The highest BCUT2D eigenvalue weighted by atomic mass is 35.5. The van der Waals surface area contributed by atoms with Crippen LogP contribution in [0.25, 0.3) is 0 Å². The van der Waals surface area contributed by atoms with E-state index in [-0.39, 0.29) is 36.6 Å². The molecule has 1 aliphatic rings. The van der Waals surface area contributed by atoms with Crippen LogP contribution in [-0.4, -0.2) is 36.5 Å². The van der Waals surface area contributed by atoms with E-state index in [1.54, 1.807) is 30.1 Å². The van der Waals surface area contributed by atoms with Gasteiger partial charge in [0.2, 0.25) is 5.91 Å². The first-order chi connectivity index (χ1) is 10.4. The maximum absolute atomic E-state index is 13.4. The summed E-state index contributed by atoms with van der Waals surface area (Å²) in [7, 11) is 1.75. The second-order valence-corrected chi connectivity index (χ2v) is 6.34. The summed E-state index contributed by atoms with van der Waals surface area (Å²) < 4.78 is 18.8. The second-order valence-electron chi connectivity index (χ2n) is 6.34. The van der Waals surface area contributed by atoms with E-state index in [2.05, 4.69) is 0 Å². The van der Waals surface area contributed by atoms with E-state index < -0.39 is 11.4 Å². The minimum Gasteiger partial charge on any atom is -0.489 e. The van der Waals surface area contributed by atoms with Gasteiger partial charge in [0, 0.05) is 12.6 Å². The Morgan fingerprint density at radius 3 is 2.78 bits per heavy atom. The Labute approximate surface area is 143 Å². The van der Waals surface area contributed by atoms with E-state index >= 15 is 0 Å². The van der Waals surface area contributed by atoms with Crippen molar-refractivity contribution in [2.24, 2.45) is 11.7 Å². The van der Waals surface area contributed by atoms with E-state index in [1.165, 1.54) is 6.07 Å². The number of benzene rings is 1. The van der Waals surface area contributed by atoms with Crippen LogP contribution in [0.3, 0.4) is 0 Å². The third-order valence-corrected chi connectivity index (χ3v) is 4.45. The molecule has 2 N–H and O–H groups in total. The first-order valence-electron chi connectivity index (χ1n) is 7.83. The number of halogens is 2. The highest BCUT2D eigenvalue weighted by molar-refractivity contribution is 5.85. The molecule has 0 spiro atoms. The van der Waals surface area contributed by atoms with Crippen molar-refractivity contribution >= 4 is 18.3 Å². The third-order valence-electron chi connectivity index (χ3n) is 4.45. The van der Waals surface area contributed by atoms with Crippen LogP contribution in [-0.2, 0) is 4.79 Å². The van der Waals surface area contributed by atoms with Gasteiger partial charge in [0.15, 0.2) is 11.6 Å². The lowest BCUT2D eigenvalue weighted by Gasteiger charge is -2.39. The molecule has 0 aromatic heterocycles. The van der Waals surface area contributed by atoms with E-state index in [0.717, 1.165) is 25.7 Å². The third kappa shape index (κ3) is 5.08. The monoisotopic (exact) mass is 344 g/mol. The number of nitrogens with two attached hydrogens (primary N) is 1. The molecule has 0 heterocycles. The van der Waals surface area contributed by atoms with Crippen LogP contribution >= 0.6 is 12.4 Å². The predicted octanol–water partition coefficient (Wildman–Crippen LogP) is 2.99. The average molecular weight is 345 g/mol. The van der Waals surface area contributed by atoms with Gasteiger partial charge in [-0.25, -0.2) is 4.39 Å². The normalized spacial score (nSPS) is 23.7. The average Bonchev–Trinajstić information content (AvgIpc) is 2.48. The van der Waals surface area contributed by atoms with Crippen molar-refractivity contribution in [1.82, 2.24) is 4.90 Å². The number of rotatable bonds is 5. The maximum atomic E-state index is 13.4. The van der Waals surface area contributed by atoms with Crippen LogP contribution in [0, 0.1) is 11.7 Å². The zero-order valence-electron chi connectivity index (χ0n) is 13.8. The maximum Gasteiger partial charge on any atom is 0.227 e. The van der Waals surface area contributed by atoms with Gasteiger partial charge < -0.3 is 15.4 Å². The fourth-order valence-corrected chi connectivity index (χ4v) is 2.99. The molecule has 1 fully saturated rings. The van der Waals surface area contributed by atoms with Gasteiger partial charge >= 0.3 is 0 Å². The summed E-state index contributed by atoms with van der Waals surface area (Å²) in [6.45, 7) is 2.63. The zero-order valence-corrected chi connectivity index (χ0v) is 14.6. The standard InChI is InChI=1S/C17H25FN2O2.ClH/c1-17(19)10-6-5-7-13(17)16(21)20(2)11-12-22-15-9-4-3-8-14(15)18;/h3-4,8-9,13H,5-7,10-12,19H2,1-2H3;1H. The van der Waals surface area contributed by atoms with Gasteiger partial charge in [0.1, 0.15) is 6.61 Å². The van der Waals surface area contributed by atoms with Gasteiger partial charge in [0.05, 0.1) is 12.5 Å². The van der Waals surface area contributed by atoms with Crippen LogP contribution in [0.4, 0.5) is 4.39 Å². The molecular formula is C17H26ClFN2O2. The van der Waals surface area contributed by atoms with Crippen molar-refractivity contribution in [1.29, 1.82) is 0 Å².